The van der Waals surface area contributed by atoms with Crippen LogP contribution in [-0.4, -0.2) is 20.8 Å². The Morgan fingerprint density at radius 2 is 2.35 bits per heavy atom. The Balaban J connectivity index is 1.49. The first-order valence-electron chi connectivity index (χ1n) is 8.21. The quantitative estimate of drug-likeness (QED) is 0.835. The first-order valence-corrected chi connectivity index (χ1v) is 9.44. The fraction of sp³-hybridized carbons (Fsp3) is 0.562. The van der Waals surface area contributed by atoms with E-state index in [0.717, 1.165) is 23.1 Å². The summed E-state index contributed by atoms with van der Waals surface area (Å²) in [4.78, 5) is 18.9. The number of hydrogen-bond donors (Lipinski definition) is 2. The summed E-state index contributed by atoms with van der Waals surface area (Å²) in [6.07, 6.45) is 7.62. The van der Waals surface area contributed by atoms with Crippen LogP contribution >= 0.6 is 23.6 Å². The van der Waals surface area contributed by atoms with E-state index in [4.69, 9.17) is 12.2 Å². The third kappa shape index (κ3) is 2.76. The lowest BCUT2D eigenvalue weighted by Crippen LogP contribution is -2.45. The minimum absolute atomic E-state index is 0.0944. The van der Waals surface area contributed by atoms with Crippen LogP contribution in [0.3, 0.4) is 0 Å². The molecule has 122 valence electrons. The van der Waals surface area contributed by atoms with Gasteiger partial charge in [-0.05, 0) is 55.8 Å². The molecule has 0 radical (unpaired) electrons. The van der Waals surface area contributed by atoms with Gasteiger partial charge in [-0.25, -0.2) is 9.66 Å². The summed E-state index contributed by atoms with van der Waals surface area (Å²) in [5.41, 5.74) is 2.89. The number of rotatable bonds is 3. The summed E-state index contributed by atoms with van der Waals surface area (Å²) in [5, 5.41) is 4.55. The van der Waals surface area contributed by atoms with E-state index in [1.165, 1.54) is 41.6 Å². The number of hydrogen-bond acceptors (Lipinski definition) is 4. The zero-order valence-corrected chi connectivity index (χ0v) is 14.7. The van der Waals surface area contributed by atoms with Crippen LogP contribution in [0.25, 0.3) is 10.2 Å². The predicted molar refractivity (Wildman–Crippen MR) is 97.6 cm³/mol. The highest BCUT2D eigenvalue weighted by Gasteiger charge is 2.39. The Morgan fingerprint density at radius 1 is 1.48 bits per heavy atom. The largest absolute Gasteiger partial charge is 0.358 e. The average molecular weight is 348 g/mol. The van der Waals surface area contributed by atoms with Crippen LogP contribution in [0, 0.1) is 11.8 Å². The van der Waals surface area contributed by atoms with E-state index < -0.39 is 0 Å². The highest BCUT2D eigenvalue weighted by atomic mass is 32.1. The van der Waals surface area contributed by atoms with Crippen molar-refractivity contribution in [3.63, 3.8) is 0 Å². The number of nitrogens with one attached hydrogen (secondary N) is 2. The maximum atomic E-state index is 12.5. The lowest BCUT2D eigenvalue weighted by atomic mass is 9.96. The van der Waals surface area contributed by atoms with E-state index in [-0.39, 0.29) is 5.56 Å². The highest BCUT2D eigenvalue weighted by Crippen LogP contribution is 2.44. The SMILES string of the molecule is CCc1cc2c(=O)n(NC(=S)N[C@H]3C[C@@H]4CC[C@@H]3C4)cnc2s1. The van der Waals surface area contributed by atoms with Crippen LogP contribution in [0.1, 0.15) is 37.5 Å². The lowest BCUT2D eigenvalue weighted by molar-refractivity contribution is 0.391. The molecule has 2 N–H and O–H groups in total. The molecule has 2 aromatic heterocycles. The summed E-state index contributed by atoms with van der Waals surface area (Å²) in [6, 6.07) is 2.38. The van der Waals surface area contributed by atoms with E-state index in [2.05, 4.69) is 22.7 Å². The van der Waals surface area contributed by atoms with Crippen LogP contribution < -0.4 is 16.3 Å². The number of thiophene rings is 1. The van der Waals surface area contributed by atoms with Crippen LogP contribution in [0.2, 0.25) is 0 Å². The van der Waals surface area contributed by atoms with E-state index >= 15 is 0 Å². The Labute approximate surface area is 144 Å². The fourth-order valence-corrected chi connectivity index (χ4v) is 5.13. The molecule has 0 aromatic carbocycles. The molecule has 0 unspecified atom stereocenters. The minimum Gasteiger partial charge on any atom is -0.358 e. The van der Waals surface area contributed by atoms with Gasteiger partial charge in [-0.15, -0.1) is 11.3 Å². The molecule has 2 fully saturated rings. The molecular formula is C16H20N4OS2. The van der Waals surface area contributed by atoms with Gasteiger partial charge in [0, 0.05) is 10.9 Å². The van der Waals surface area contributed by atoms with Crippen LogP contribution in [0.5, 0.6) is 0 Å². The third-order valence-corrected chi connectivity index (χ3v) is 6.52. The van der Waals surface area contributed by atoms with Gasteiger partial charge in [0.05, 0.1) is 5.39 Å². The molecule has 2 aromatic rings. The Morgan fingerprint density at radius 3 is 3.04 bits per heavy atom. The van der Waals surface area contributed by atoms with Crippen molar-refractivity contribution in [3.05, 3.63) is 27.6 Å². The summed E-state index contributed by atoms with van der Waals surface area (Å²) < 4.78 is 1.39. The van der Waals surface area contributed by atoms with Crippen LogP contribution in [0.4, 0.5) is 0 Å². The number of aromatic nitrogens is 2. The van der Waals surface area contributed by atoms with Gasteiger partial charge in [-0.2, -0.15) is 0 Å². The molecule has 23 heavy (non-hydrogen) atoms. The number of aryl methyl sites for hydroxylation is 1. The Kier molecular flexibility index (Phi) is 3.85. The summed E-state index contributed by atoms with van der Waals surface area (Å²) >= 11 is 6.96. The second-order valence-electron chi connectivity index (χ2n) is 6.57. The number of nitrogens with zero attached hydrogens (tertiary/aromatic N) is 2. The standard InChI is InChI=1S/C16H20N4OS2/c1-2-11-7-12-14(23-11)17-8-20(15(12)21)19-16(22)18-13-6-9-3-4-10(13)5-9/h7-10,13H,2-6H2,1H3,(H2,18,19,22)/t9-,10-,13+/m1/s1. The van der Waals surface area contributed by atoms with Gasteiger partial charge in [-0.1, -0.05) is 13.3 Å². The first-order chi connectivity index (χ1) is 11.1. The maximum Gasteiger partial charge on any atom is 0.280 e. The second kappa shape index (κ2) is 5.87. The van der Waals surface area contributed by atoms with Gasteiger partial charge in [0.1, 0.15) is 11.2 Å². The monoisotopic (exact) mass is 348 g/mol. The van der Waals surface area contributed by atoms with Crippen molar-refractivity contribution in [2.75, 3.05) is 5.43 Å². The zero-order valence-electron chi connectivity index (χ0n) is 13.0. The number of thiocarbonyl (C=S) groups is 1. The minimum atomic E-state index is -0.0944. The van der Waals surface area contributed by atoms with Gasteiger partial charge in [0.15, 0.2) is 5.11 Å². The summed E-state index contributed by atoms with van der Waals surface area (Å²) in [7, 11) is 0. The molecule has 0 aliphatic heterocycles. The van der Waals surface area contributed by atoms with Crippen molar-refractivity contribution in [1.82, 2.24) is 15.0 Å². The molecule has 0 spiro atoms. The molecule has 2 heterocycles. The molecule has 4 rings (SSSR count). The van der Waals surface area contributed by atoms with E-state index in [9.17, 15) is 4.79 Å². The molecule has 2 aliphatic rings. The molecular weight excluding hydrogens is 328 g/mol. The van der Waals surface area contributed by atoms with Crippen molar-refractivity contribution >= 4 is 38.9 Å². The molecule has 0 saturated heterocycles. The molecule has 2 aliphatic carbocycles. The Bertz CT molecular complexity index is 812. The summed E-state index contributed by atoms with van der Waals surface area (Å²) in [6.45, 7) is 2.08. The molecule has 5 nitrogen and oxygen atoms in total. The van der Waals surface area contributed by atoms with Crippen LogP contribution in [-0.2, 0) is 6.42 Å². The Hall–Kier alpha value is -1.47. The second-order valence-corrected chi connectivity index (χ2v) is 8.09. The number of fused-ring (bicyclic) bond motifs is 3. The lowest BCUT2D eigenvalue weighted by Gasteiger charge is -2.24. The normalized spacial score (nSPS) is 25.9. The van der Waals surface area contributed by atoms with E-state index in [1.807, 2.05) is 6.07 Å². The average Bonchev–Trinajstić information content (AvgIpc) is 3.24. The van der Waals surface area contributed by atoms with E-state index in [0.29, 0.717) is 16.5 Å². The maximum absolute atomic E-state index is 12.5. The van der Waals surface area contributed by atoms with Crippen LogP contribution in [0.15, 0.2) is 17.2 Å². The zero-order chi connectivity index (χ0) is 16.0. The molecule has 0 amide bonds. The summed E-state index contributed by atoms with van der Waals surface area (Å²) in [5.74, 6) is 1.60. The van der Waals surface area contributed by atoms with Gasteiger partial charge in [0.25, 0.3) is 5.56 Å². The van der Waals surface area contributed by atoms with Gasteiger partial charge < -0.3 is 5.32 Å². The van der Waals surface area contributed by atoms with Crippen molar-refractivity contribution < 1.29 is 0 Å². The predicted octanol–water partition coefficient (Wildman–Crippen LogP) is 2.63. The first kappa shape index (κ1) is 15.1. The molecule has 2 bridgehead atoms. The van der Waals surface area contributed by atoms with Gasteiger partial charge in [0.2, 0.25) is 0 Å². The van der Waals surface area contributed by atoms with Gasteiger partial charge >= 0.3 is 0 Å². The molecule has 7 heteroatoms. The van der Waals surface area contributed by atoms with Crippen molar-refractivity contribution in [3.8, 4) is 0 Å². The van der Waals surface area contributed by atoms with Crippen molar-refractivity contribution in [2.45, 2.75) is 45.1 Å². The molecule has 2 saturated carbocycles. The highest BCUT2D eigenvalue weighted by molar-refractivity contribution is 7.80. The van der Waals surface area contributed by atoms with Gasteiger partial charge in [-0.3, -0.25) is 10.2 Å². The van der Waals surface area contributed by atoms with E-state index in [1.54, 1.807) is 11.3 Å². The topological polar surface area (TPSA) is 59.0 Å². The van der Waals surface area contributed by atoms with Crippen molar-refractivity contribution in [1.29, 1.82) is 0 Å². The molecule has 3 atom stereocenters. The smallest absolute Gasteiger partial charge is 0.280 e. The third-order valence-electron chi connectivity index (χ3n) is 5.13. The fourth-order valence-electron chi connectivity index (χ4n) is 3.96. The van der Waals surface area contributed by atoms with Crippen molar-refractivity contribution in [2.24, 2.45) is 11.8 Å².